The molecule has 0 saturated carbocycles. The summed E-state index contributed by atoms with van der Waals surface area (Å²) in [5, 5.41) is 3.76. The van der Waals surface area contributed by atoms with Crippen molar-refractivity contribution in [1.29, 1.82) is 0 Å². The number of hydrogen-bond donors (Lipinski definition) is 1. The van der Waals surface area contributed by atoms with E-state index in [0.717, 1.165) is 13.0 Å². The van der Waals surface area contributed by atoms with Crippen molar-refractivity contribution in [1.82, 2.24) is 10.2 Å². The molecule has 3 heteroatoms. The Kier molecular flexibility index (Phi) is 7.08. The Labute approximate surface area is 134 Å². The zero-order valence-electron chi connectivity index (χ0n) is 13.7. The van der Waals surface area contributed by atoms with Gasteiger partial charge in [0.05, 0.1) is 0 Å². The molecule has 2 atom stereocenters. The zero-order chi connectivity index (χ0) is 15.1. The molecule has 0 spiro atoms. The summed E-state index contributed by atoms with van der Waals surface area (Å²) >= 11 is 1.96. The molecule has 1 aromatic rings. The van der Waals surface area contributed by atoms with E-state index in [2.05, 4.69) is 60.7 Å². The van der Waals surface area contributed by atoms with Gasteiger partial charge in [-0.3, -0.25) is 4.90 Å². The third kappa shape index (κ3) is 5.32. The fraction of sp³-hybridized carbons (Fsp3) is 0.667. The Morgan fingerprint density at radius 2 is 2.05 bits per heavy atom. The third-order valence-electron chi connectivity index (χ3n) is 4.48. The minimum absolute atomic E-state index is 0.643. The molecule has 1 aliphatic heterocycles. The number of nitrogens with zero attached hydrogens (tertiary/aromatic N) is 1. The summed E-state index contributed by atoms with van der Waals surface area (Å²) in [5.41, 5.74) is 1.46. The van der Waals surface area contributed by atoms with Gasteiger partial charge in [0, 0.05) is 25.2 Å². The second kappa shape index (κ2) is 8.82. The predicted octanol–water partition coefficient (Wildman–Crippen LogP) is 3.28. The Balaban J connectivity index is 1.96. The predicted molar refractivity (Wildman–Crippen MR) is 95.1 cm³/mol. The summed E-state index contributed by atoms with van der Waals surface area (Å²) in [6.45, 7) is 8.22. The van der Waals surface area contributed by atoms with Crippen LogP contribution in [-0.4, -0.2) is 48.6 Å². The van der Waals surface area contributed by atoms with Crippen LogP contribution in [0.15, 0.2) is 30.3 Å². The molecule has 0 radical (unpaired) electrons. The average molecular weight is 307 g/mol. The molecule has 118 valence electrons. The fourth-order valence-electron chi connectivity index (χ4n) is 3.10. The maximum Gasteiger partial charge on any atom is 0.0261 e. The molecule has 1 aromatic carbocycles. The lowest BCUT2D eigenvalue weighted by Crippen LogP contribution is -2.58. The molecule has 21 heavy (non-hydrogen) atoms. The molecule has 1 heterocycles. The van der Waals surface area contributed by atoms with Crippen LogP contribution in [0.3, 0.4) is 0 Å². The first kappa shape index (κ1) is 16.9. The van der Waals surface area contributed by atoms with Crippen molar-refractivity contribution < 1.29 is 0 Å². The van der Waals surface area contributed by atoms with E-state index >= 15 is 0 Å². The Morgan fingerprint density at radius 3 is 2.71 bits per heavy atom. The largest absolute Gasteiger partial charge is 0.311 e. The fourth-order valence-corrected chi connectivity index (χ4v) is 3.52. The molecular weight excluding hydrogens is 276 g/mol. The summed E-state index contributed by atoms with van der Waals surface area (Å²) in [4.78, 5) is 2.73. The van der Waals surface area contributed by atoms with E-state index < -0.39 is 0 Å². The maximum absolute atomic E-state index is 3.76. The molecule has 0 aromatic heterocycles. The van der Waals surface area contributed by atoms with Crippen LogP contribution in [0.1, 0.15) is 25.8 Å². The smallest absolute Gasteiger partial charge is 0.0261 e. The van der Waals surface area contributed by atoms with Crippen LogP contribution in [0.5, 0.6) is 0 Å². The highest BCUT2D eigenvalue weighted by Crippen LogP contribution is 2.17. The minimum Gasteiger partial charge on any atom is -0.311 e. The number of rotatable bonds is 7. The molecular formula is C18H30N2S. The molecule has 0 aliphatic carbocycles. The first-order valence-corrected chi connectivity index (χ1v) is 9.60. The number of thioether (sulfide) groups is 1. The van der Waals surface area contributed by atoms with Gasteiger partial charge < -0.3 is 5.32 Å². The lowest BCUT2D eigenvalue weighted by atomic mass is 9.96. The lowest BCUT2D eigenvalue weighted by molar-refractivity contribution is 0.113. The summed E-state index contributed by atoms with van der Waals surface area (Å²) in [7, 11) is 0. The second-order valence-corrected chi connectivity index (χ2v) is 7.43. The molecule has 2 unspecified atom stereocenters. The molecule has 1 fully saturated rings. The average Bonchev–Trinajstić information content (AvgIpc) is 2.50. The van der Waals surface area contributed by atoms with Crippen molar-refractivity contribution >= 4 is 11.8 Å². The lowest BCUT2D eigenvalue weighted by Gasteiger charge is -2.42. The quantitative estimate of drug-likeness (QED) is 0.778. The standard InChI is InChI=1S/C18H30N2S/c1-15(2)18-14-20(10-7-11-21-3)17(13-19-18)12-16-8-5-4-6-9-16/h4-6,8-9,15,17-19H,7,10-14H2,1-3H3. The van der Waals surface area contributed by atoms with Crippen molar-refractivity contribution in [2.75, 3.05) is 31.6 Å². The van der Waals surface area contributed by atoms with Gasteiger partial charge in [-0.15, -0.1) is 0 Å². The van der Waals surface area contributed by atoms with E-state index in [-0.39, 0.29) is 0 Å². The van der Waals surface area contributed by atoms with E-state index in [4.69, 9.17) is 0 Å². The van der Waals surface area contributed by atoms with Crippen LogP contribution in [0.25, 0.3) is 0 Å². The molecule has 1 N–H and O–H groups in total. The number of nitrogens with one attached hydrogen (secondary N) is 1. The van der Waals surface area contributed by atoms with Crippen LogP contribution >= 0.6 is 11.8 Å². The van der Waals surface area contributed by atoms with Gasteiger partial charge in [-0.2, -0.15) is 11.8 Å². The molecule has 1 aliphatic rings. The van der Waals surface area contributed by atoms with Crippen LogP contribution in [0.4, 0.5) is 0 Å². The number of benzene rings is 1. The van der Waals surface area contributed by atoms with E-state index in [1.165, 1.54) is 30.8 Å². The number of piperazine rings is 1. The molecule has 0 amide bonds. The van der Waals surface area contributed by atoms with Crippen molar-refractivity contribution in [3.8, 4) is 0 Å². The van der Waals surface area contributed by atoms with Crippen LogP contribution in [0.2, 0.25) is 0 Å². The van der Waals surface area contributed by atoms with Crippen LogP contribution in [0, 0.1) is 5.92 Å². The van der Waals surface area contributed by atoms with Gasteiger partial charge in [0.25, 0.3) is 0 Å². The van der Waals surface area contributed by atoms with Crippen LogP contribution < -0.4 is 5.32 Å². The first-order valence-electron chi connectivity index (χ1n) is 8.21. The summed E-state index contributed by atoms with van der Waals surface area (Å²) in [5.74, 6) is 1.99. The SMILES string of the molecule is CSCCCN1CC(C(C)C)NCC1Cc1ccccc1. The number of hydrogen-bond acceptors (Lipinski definition) is 3. The summed E-state index contributed by atoms with van der Waals surface area (Å²) in [6, 6.07) is 12.2. The Morgan fingerprint density at radius 1 is 1.29 bits per heavy atom. The van der Waals surface area contributed by atoms with Crippen molar-refractivity contribution in [2.24, 2.45) is 5.92 Å². The van der Waals surface area contributed by atoms with Gasteiger partial charge >= 0.3 is 0 Å². The van der Waals surface area contributed by atoms with Crippen molar-refractivity contribution in [3.63, 3.8) is 0 Å². The monoisotopic (exact) mass is 306 g/mol. The van der Waals surface area contributed by atoms with E-state index in [1.807, 2.05) is 11.8 Å². The van der Waals surface area contributed by atoms with Gasteiger partial charge in [0.2, 0.25) is 0 Å². The topological polar surface area (TPSA) is 15.3 Å². The normalized spacial score (nSPS) is 23.6. The summed E-state index contributed by atoms with van der Waals surface area (Å²) < 4.78 is 0. The molecule has 2 nitrogen and oxygen atoms in total. The van der Waals surface area contributed by atoms with Gasteiger partial charge in [0.1, 0.15) is 0 Å². The maximum atomic E-state index is 3.76. The summed E-state index contributed by atoms with van der Waals surface area (Å²) in [6.07, 6.45) is 4.67. The van der Waals surface area contributed by atoms with Gasteiger partial charge in [-0.1, -0.05) is 44.2 Å². The highest BCUT2D eigenvalue weighted by molar-refractivity contribution is 7.98. The van der Waals surface area contributed by atoms with Crippen molar-refractivity contribution in [3.05, 3.63) is 35.9 Å². The Bertz CT molecular complexity index is 393. The van der Waals surface area contributed by atoms with Crippen molar-refractivity contribution in [2.45, 2.75) is 38.8 Å². The first-order chi connectivity index (χ1) is 10.2. The minimum atomic E-state index is 0.643. The van der Waals surface area contributed by atoms with Gasteiger partial charge in [-0.25, -0.2) is 0 Å². The second-order valence-electron chi connectivity index (χ2n) is 6.44. The van der Waals surface area contributed by atoms with Crippen LogP contribution in [-0.2, 0) is 6.42 Å². The van der Waals surface area contributed by atoms with E-state index in [1.54, 1.807) is 0 Å². The molecule has 0 bridgehead atoms. The molecule has 1 saturated heterocycles. The third-order valence-corrected chi connectivity index (χ3v) is 5.17. The van der Waals surface area contributed by atoms with Gasteiger partial charge in [-0.05, 0) is 42.9 Å². The highest BCUT2D eigenvalue weighted by Gasteiger charge is 2.28. The van der Waals surface area contributed by atoms with E-state index in [9.17, 15) is 0 Å². The van der Waals surface area contributed by atoms with E-state index in [0.29, 0.717) is 18.0 Å². The Hall–Kier alpha value is -0.510. The molecule has 2 rings (SSSR count). The highest BCUT2D eigenvalue weighted by atomic mass is 32.2. The zero-order valence-corrected chi connectivity index (χ0v) is 14.5. The van der Waals surface area contributed by atoms with Gasteiger partial charge in [0.15, 0.2) is 0 Å².